The van der Waals surface area contributed by atoms with Gasteiger partial charge in [-0.25, -0.2) is 10.9 Å². The van der Waals surface area contributed by atoms with Crippen LogP contribution in [-0.4, -0.2) is 60.3 Å². The van der Waals surface area contributed by atoms with Gasteiger partial charge in [0.25, 0.3) is 0 Å². The normalized spacial score (nSPS) is 25.4. The summed E-state index contributed by atoms with van der Waals surface area (Å²) in [5.74, 6) is 1.54. The van der Waals surface area contributed by atoms with Gasteiger partial charge in [-0.2, -0.15) is 0 Å². The van der Waals surface area contributed by atoms with E-state index >= 15 is 0 Å². The predicted octanol–water partition coefficient (Wildman–Crippen LogP) is 1.15. The van der Waals surface area contributed by atoms with Crippen LogP contribution in [0.15, 0.2) is 0 Å². The molecule has 0 N–H and O–H groups in total. The number of amides is 1. The molecule has 94 valence electrons. The highest BCUT2D eigenvalue weighted by Gasteiger charge is 2.45. The molecule has 1 spiro atoms. The number of nitrogens with zero attached hydrogens (tertiary/aromatic N) is 2. The largest absolute Gasteiger partial charge is 0.342 e. The monoisotopic (exact) mass is 244 g/mol. The van der Waals surface area contributed by atoms with Crippen LogP contribution in [0.2, 0.25) is 0 Å². The van der Waals surface area contributed by atoms with Gasteiger partial charge in [-0.15, -0.1) is 0 Å². The third kappa shape index (κ3) is 2.54. The van der Waals surface area contributed by atoms with E-state index in [1.165, 1.54) is 31.8 Å². The van der Waals surface area contributed by atoms with Crippen molar-refractivity contribution in [3.05, 3.63) is 0 Å². The first-order valence-corrected chi connectivity index (χ1v) is 8.56. The van der Waals surface area contributed by atoms with Crippen molar-refractivity contribution in [1.82, 2.24) is 9.80 Å². The van der Waals surface area contributed by atoms with Gasteiger partial charge in [0, 0.05) is 31.3 Å². The fourth-order valence-corrected chi connectivity index (χ4v) is 3.95. The minimum Gasteiger partial charge on any atom is -0.342 e. The van der Waals surface area contributed by atoms with E-state index in [0.717, 1.165) is 13.1 Å². The molecule has 0 radical (unpaired) electrons. The van der Waals surface area contributed by atoms with Gasteiger partial charge in [0.1, 0.15) is 0 Å². The topological polar surface area (TPSA) is 23.6 Å². The Labute approximate surface area is 102 Å². The second-order valence-electron chi connectivity index (χ2n) is 5.71. The number of hydrogen-bond donors (Lipinski definition) is 1. The van der Waals surface area contributed by atoms with Crippen molar-refractivity contribution in [2.75, 3.05) is 44.6 Å². The van der Waals surface area contributed by atoms with Crippen molar-refractivity contribution in [1.29, 1.82) is 0 Å². The van der Waals surface area contributed by atoms with Crippen LogP contribution in [-0.2, 0) is 4.79 Å². The maximum absolute atomic E-state index is 11.2. The van der Waals surface area contributed by atoms with Gasteiger partial charge in [0.15, 0.2) is 0 Å². The quantitative estimate of drug-likeness (QED) is 0.737. The van der Waals surface area contributed by atoms with Gasteiger partial charge in [-0.05, 0) is 38.4 Å². The van der Waals surface area contributed by atoms with Crippen molar-refractivity contribution < 1.29 is 4.79 Å². The molecule has 0 aromatic carbocycles. The average Bonchev–Trinajstić information content (AvgIpc) is 2.14. The SMILES string of the molecule is CC(=O)N1CC2(CCN(C[SH](C)C)CC2)C1. The predicted molar refractivity (Wildman–Crippen MR) is 71.2 cm³/mol. The van der Waals surface area contributed by atoms with E-state index in [2.05, 4.69) is 17.4 Å². The molecule has 2 fully saturated rings. The number of carbonyl (C=O) groups excluding carboxylic acids is 1. The van der Waals surface area contributed by atoms with Crippen LogP contribution in [0.3, 0.4) is 0 Å². The summed E-state index contributed by atoms with van der Waals surface area (Å²) in [5, 5.41) is 0. The molecule has 2 rings (SSSR count). The molecule has 0 aliphatic carbocycles. The molecule has 2 aliphatic rings. The van der Waals surface area contributed by atoms with Crippen molar-refractivity contribution in [3.8, 4) is 0 Å². The smallest absolute Gasteiger partial charge is 0.219 e. The lowest BCUT2D eigenvalue weighted by molar-refractivity contribution is -0.144. The molecule has 0 bridgehead atoms. The summed E-state index contributed by atoms with van der Waals surface area (Å²) in [7, 11) is 0.202. The van der Waals surface area contributed by atoms with Crippen LogP contribution in [0.5, 0.6) is 0 Å². The summed E-state index contributed by atoms with van der Waals surface area (Å²) in [6.07, 6.45) is 7.28. The Balaban J connectivity index is 1.76. The zero-order valence-electron chi connectivity index (χ0n) is 10.7. The molecule has 0 aromatic rings. The van der Waals surface area contributed by atoms with Gasteiger partial charge in [0.05, 0.1) is 0 Å². The summed E-state index contributed by atoms with van der Waals surface area (Å²) in [5.41, 5.74) is 0.492. The summed E-state index contributed by atoms with van der Waals surface area (Å²) >= 11 is 0. The molecule has 0 aromatic heterocycles. The van der Waals surface area contributed by atoms with Crippen LogP contribution in [0.25, 0.3) is 0 Å². The minimum atomic E-state index is 0.202. The van der Waals surface area contributed by atoms with E-state index in [0.29, 0.717) is 5.41 Å². The van der Waals surface area contributed by atoms with Crippen molar-refractivity contribution in [2.45, 2.75) is 19.8 Å². The van der Waals surface area contributed by atoms with Crippen LogP contribution < -0.4 is 0 Å². The molecule has 2 saturated heterocycles. The molecular weight excluding hydrogens is 220 g/mol. The van der Waals surface area contributed by atoms with E-state index in [1.54, 1.807) is 6.92 Å². The third-order valence-corrected chi connectivity index (χ3v) is 4.86. The molecule has 0 unspecified atom stereocenters. The maximum Gasteiger partial charge on any atom is 0.219 e. The minimum absolute atomic E-state index is 0.202. The second-order valence-corrected chi connectivity index (χ2v) is 8.16. The molecular formula is C12H24N2OS. The lowest BCUT2D eigenvalue weighted by Crippen LogP contribution is -2.61. The number of rotatable bonds is 2. The van der Waals surface area contributed by atoms with E-state index in [4.69, 9.17) is 0 Å². The second kappa shape index (κ2) is 4.57. The summed E-state index contributed by atoms with van der Waals surface area (Å²) in [6, 6.07) is 0. The zero-order chi connectivity index (χ0) is 11.8. The summed E-state index contributed by atoms with van der Waals surface area (Å²) in [4.78, 5) is 15.8. The Morgan fingerprint density at radius 2 is 1.81 bits per heavy atom. The standard InChI is InChI=1S/C12H24N2OS/c1-11(15)14-8-12(9-14)4-6-13(7-5-12)10-16(2)3/h16H,4-10H2,1-3H3. The molecule has 4 heteroatoms. The summed E-state index contributed by atoms with van der Waals surface area (Å²) in [6.45, 7) is 6.20. The van der Waals surface area contributed by atoms with Gasteiger partial charge in [-0.3, -0.25) is 9.69 Å². The Morgan fingerprint density at radius 1 is 1.25 bits per heavy atom. The number of hydrogen-bond acceptors (Lipinski definition) is 2. The Bertz CT molecular complexity index is 264. The molecule has 16 heavy (non-hydrogen) atoms. The number of piperidine rings is 1. The Kier molecular flexibility index (Phi) is 3.50. The number of likely N-dealkylation sites (tertiary alicyclic amines) is 2. The van der Waals surface area contributed by atoms with Crippen LogP contribution >= 0.6 is 10.9 Å². The fourth-order valence-electron chi connectivity index (χ4n) is 2.87. The van der Waals surface area contributed by atoms with Crippen LogP contribution in [0.1, 0.15) is 19.8 Å². The highest BCUT2D eigenvalue weighted by Crippen LogP contribution is 2.40. The lowest BCUT2D eigenvalue weighted by atomic mass is 9.72. The van der Waals surface area contributed by atoms with E-state index < -0.39 is 0 Å². The van der Waals surface area contributed by atoms with Crippen molar-refractivity contribution in [2.24, 2.45) is 5.41 Å². The molecule has 2 aliphatic heterocycles. The lowest BCUT2D eigenvalue weighted by Gasteiger charge is -2.54. The highest BCUT2D eigenvalue weighted by atomic mass is 32.2. The van der Waals surface area contributed by atoms with Gasteiger partial charge in [-0.1, -0.05) is 0 Å². The maximum atomic E-state index is 11.2. The molecule has 3 nitrogen and oxygen atoms in total. The van der Waals surface area contributed by atoms with Crippen molar-refractivity contribution in [3.63, 3.8) is 0 Å². The van der Waals surface area contributed by atoms with Crippen LogP contribution in [0.4, 0.5) is 0 Å². The van der Waals surface area contributed by atoms with Crippen LogP contribution in [0, 0.1) is 5.41 Å². The number of carbonyl (C=O) groups is 1. The first-order chi connectivity index (χ1) is 7.51. The van der Waals surface area contributed by atoms with E-state index in [1.807, 2.05) is 4.90 Å². The average molecular weight is 244 g/mol. The fraction of sp³-hybridized carbons (Fsp3) is 0.917. The first kappa shape index (κ1) is 12.2. The van der Waals surface area contributed by atoms with E-state index in [9.17, 15) is 4.79 Å². The zero-order valence-corrected chi connectivity index (χ0v) is 11.6. The number of thiol groups is 1. The third-order valence-electron chi connectivity index (χ3n) is 3.90. The summed E-state index contributed by atoms with van der Waals surface area (Å²) < 4.78 is 0. The van der Waals surface area contributed by atoms with Gasteiger partial charge in [0.2, 0.25) is 5.91 Å². The highest BCUT2D eigenvalue weighted by molar-refractivity contribution is 8.15. The van der Waals surface area contributed by atoms with Gasteiger partial charge < -0.3 is 4.90 Å². The van der Waals surface area contributed by atoms with E-state index in [-0.39, 0.29) is 16.8 Å². The molecule has 1 amide bonds. The first-order valence-electron chi connectivity index (χ1n) is 6.13. The van der Waals surface area contributed by atoms with Gasteiger partial charge >= 0.3 is 0 Å². The molecule has 2 heterocycles. The Hall–Kier alpha value is -0.220. The molecule has 0 saturated carbocycles. The van der Waals surface area contributed by atoms with Crippen molar-refractivity contribution >= 4 is 16.8 Å². The molecule has 0 atom stereocenters. The Morgan fingerprint density at radius 3 is 2.25 bits per heavy atom.